The van der Waals surface area contributed by atoms with Crippen LogP contribution in [0.4, 0.5) is 4.39 Å². The average Bonchev–Trinajstić information content (AvgIpc) is 3.23. The van der Waals surface area contributed by atoms with Crippen molar-refractivity contribution in [2.75, 3.05) is 6.54 Å². The lowest BCUT2D eigenvalue weighted by Crippen LogP contribution is -2.42. The van der Waals surface area contributed by atoms with E-state index in [0.717, 1.165) is 6.42 Å². The highest BCUT2D eigenvalue weighted by Gasteiger charge is 2.58. The van der Waals surface area contributed by atoms with Crippen molar-refractivity contribution < 1.29 is 9.18 Å². The molecule has 0 radical (unpaired) electrons. The summed E-state index contributed by atoms with van der Waals surface area (Å²) in [5, 5.41) is 3.61. The van der Waals surface area contributed by atoms with E-state index in [1.54, 1.807) is 12.1 Å². The van der Waals surface area contributed by atoms with E-state index in [2.05, 4.69) is 72.8 Å². The molecule has 1 atom stereocenters. The van der Waals surface area contributed by atoms with Crippen LogP contribution in [0.5, 0.6) is 0 Å². The van der Waals surface area contributed by atoms with Crippen LogP contribution in [-0.4, -0.2) is 23.0 Å². The van der Waals surface area contributed by atoms with Crippen molar-refractivity contribution in [1.82, 2.24) is 4.90 Å². The maximum absolute atomic E-state index is 14.4. The van der Waals surface area contributed by atoms with E-state index >= 15 is 0 Å². The zero-order valence-corrected chi connectivity index (χ0v) is 19.2. The first-order valence-electron chi connectivity index (χ1n) is 11.3. The van der Waals surface area contributed by atoms with Crippen LogP contribution >= 0.6 is 7.26 Å². The van der Waals surface area contributed by atoms with Crippen molar-refractivity contribution in [2.45, 2.75) is 18.6 Å². The monoisotopic (exact) mass is 454 g/mol. The summed E-state index contributed by atoms with van der Waals surface area (Å²) >= 11 is 0. The molecular weight excluding hydrogens is 428 g/mol. The van der Waals surface area contributed by atoms with Crippen molar-refractivity contribution in [1.29, 1.82) is 0 Å². The molecule has 1 heterocycles. The maximum atomic E-state index is 14.4. The van der Waals surface area contributed by atoms with Gasteiger partial charge in [0.05, 0.1) is 0 Å². The molecular formula is C29H26FNOP+. The Morgan fingerprint density at radius 1 is 0.697 bits per heavy atom. The molecule has 33 heavy (non-hydrogen) atoms. The molecule has 0 saturated carbocycles. The Bertz CT molecular complexity index is 1130. The lowest BCUT2D eigenvalue weighted by atomic mass is 10.2. The fourth-order valence-corrected chi connectivity index (χ4v) is 9.95. The smallest absolute Gasteiger partial charge is 0.264 e. The van der Waals surface area contributed by atoms with Crippen molar-refractivity contribution in [3.63, 3.8) is 0 Å². The molecule has 0 aliphatic carbocycles. The molecule has 0 aromatic heterocycles. The molecule has 0 spiro atoms. The predicted octanol–water partition coefficient (Wildman–Crippen LogP) is 4.92. The van der Waals surface area contributed by atoms with Crippen LogP contribution in [0, 0.1) is 5.82 Å². The van der Waals surface area contributed by atoms with Crippen LogP contribution in [0.15, 0.2) is 115 Å². The second-order valence-electron chi connectivity index (χ2n) is 8.39. The predicted molar refractivity (Wildman–Crippen MR) is 135 cm³/mol. The minimum Gasteiger partial charge on any atom is -0.335 e. The largest absolute Gasteiger partial charge is 0.335 e. The SMILES string of the molecule is O=C1[C@H]([P+](c2ccccc2)(c2ccccc2)c2ccccc2)CCN1Cc1ccccc1F. The Hall–Kier alpha value is -3.29. The van der Waals surface area contributed by atoms with Crippen molar-refractivity contribution in [2.24, 2.45) is 0 Å². The number of amides is 1. The number of rotatable bonds is 6. The number of likely N-dealkylation sites (tertiary alicyclic amines) is 1. The van der Waals surface area contributed by atoms with Gasteiger partial charge in [0.2, 0.25) is 0 Å². The highest BCUT2D eigenvalue weighted by molar-refractivity contribution is 7.96. The first kappa shape index (κ1) is 21.6. The van der Waals surface area contributed by atoms with Gasteiger partial charge in [0.1, 0.15) is 29.0 Å². The second-order valence-corrected chi connectivity index (χ2v) is 12.0. The third kappa shape index (κ3) is 3.87. The van der Waals surface area contributed by atoms with Gasteiger partial charge in [0, 0.05) is 25.1 Å². The number of halogens is 1. The average molecular weight is 455 g/mol. The van der Waals surface area contributed by atoms with Crippen molar-refractivity contribution in [3.8, 4) is 0 Å². The molecule has 1 amide bonds. The zero-order valence-electron chi connectivity index (χ0n) is 18.3. The van der Waals surface area contributed by atoms with E-state index in [1.165, 1.54) is 22.0 Å². The van der Waals surface area contributed by atoms with Gasteiger partial charge < -0.3 is 4.90 Å². The van der Waals surface area contributed by atoms with Gasteiger partial charge in [-0.3, -0.25) is 4.79 Å². The molecule has 1 saturated heterocycles. The summed E-state index contributed by atoms with van der Waals surface area (Å²) in [7, 11) is -2.30. The summed E-state index contributed by atoms with van der Waals surface area (Å²) in [6, 6.07) is 38.2. The van der Waals surface area contributed by atoms with E-state index in [1.807, 2.05) is 29.2 Å². The fourth-order valence-electron chi connectivity index (χ4n) is 5.05. The minimum atomic E-state index is -2.30. The number of benzene rings is 4. The molecule has 0 unspecified atom stereocenters. The van der Waals surface area contributed by atoms with Gasteiger partial charge in [-0.1, -0.05) is 72.8 Å². The molecule has 2 nitrogen and oxygen atoms in total. The van der Waals surface area contributed by atoms with Gasteiger partial charge in [-0.05, 0) is 42.5 Å². The molecule has 1 aliphatic heterocycles. The molecule has 1 fully saturated rings. The number of hydrogen-bond acceptors (Lipinski definition) is 1. The Morgan fingerprint density at radius 3 is 1.64 bits per heavy atom. The Labute approximate surface area is 195 Å². The third-order valence-corrected chi connectivity index (χ3v) is 11.3. The van der Waals surface area contributed by atoms with Gasteiger partial charge in [-0.15, -0.1) is 0 Å². The van der Waals surface area contributed by atoms with E-state index in [0.29, 0.717) is 18.7 Å². The minimum absolute atomic E-state index is 0.114. The summed E-state index contributed by atoms with van der Waals surface area (Å²) in [6.45, 7) is 0.937. The van der Waals surface area contributed by atoms with Crippen LogP contribution in [0.3, 0.4) is 0 Å². The van der Waals surface area contributed by atoms with E-state index in [-0.39, 0.29) is 17.4 Å². The van der Waals surface area contributed by atoms with Crippen molar-refractivity contribution >= 4 is 29.1 Å². The fraction of sp³-hybridized carbons (Fsp3) is 0.138. The molecule has 0 N–H and O–H groups in total. The summed E-state index contributed by atoms with van der Waals surface area (Å²) in [6.07, 6.45) is 0.750. The molecule has 4 heteroatoms. The van der Waals surface area contributed by atoms with E-state index in [4.69, 9.17) is 0 Å². The van der Waals surface area contributed by atoms with Crippen LogP contribution in [0.1, 0.15) is 12.0 Å². The molecule has 4 aromatic carbocycles. The Balaban J connectivity index is 1.65. The number of nitrogens with zero attached hydrogens (tertiary/aromatic N) is 1. The first-order valence-corrected chi connectivity index (χ1v) is 13.1. The normalized spacial score (nSPS) is 16.2. The lowest BCUT2D eigenvalue weighted by molar-refractivity contribution is -0.127. The van der Waals surface area contributed by atoms with Crippen molar-refractivity contribution in [3.05, 3.63) is 127 Å². The first-order chi connectivity index (χ1) is 16.2. The highest BCUT2D eigenvalue weighted by Crippen LogP contribution is 2.62. The summed E-state index contributed by atoms with van der Waals surface area (Å²) in [4.78, 5) is 15.9. The molecule has 164 valence electrons. The van der Waals surface area contributed by atoms with Gasteiger partial charge >= 0.3 is 0 Å². The lowest BCUT2D eigenvalue weighted by Gasteiger charge is -2.32. The number of hydrogen-bond donors (Lipinski definition) is 0. The highest BCUT2D eigenvalue weighted by atomic mass is 31.2. The number of carbonyl (C=O) groups is 1. The maximum Gasteiger partial charge on any atom is 0.264 e. The Kier molecular flexibility index (Phi) is 6.07. The second kappa shape index (κ2) is 9.29. The van der Waals surface area contributed by atoms with Crippen LogP contribution < -0.4 is 15.9 Å². The number of carbonyl (C=O) groups excluding carboxylic acids is 1. The third-order valence-electron chi connectivity index (χ3n) is 6.55. The molecule has 4 aromatic rings. The summed E-state index contributed by atoms with van der Waals surface area (Å²) in [5.41, 5.74) is 0.381. The van der Waals surface area contributed by atoms with Gasteiger partial charge in [0.15, 0.2) is 5.66 Å². The Morgan fingerprint density at radius 2 is 1.15 bits per heavy atom. The summed E-state index contributed by atoms with van der Waals surface area (Å²) < 4.78 is 14.4. The zero-order chi connectivity index (χ0) is 22.7. The van der Waals surface area contributed by atoms with Crippen LogP contribution in [0.2, 0.25) is 0 Å². The summed E-state index contributed by atoms with van der Waals surface area (Å²) in [5.74, 6) is -0.146. The molecule has 5 rings (SSSR count). The van der Waals surface area contributed by atoms with Crippen LogP contribution in [0.25, 0.3) is 0 Å². The van der Waals surface area contributed by atoms with E-state index < -0.39 is 7.26 Å². The molecule has 1 aliphatic rings. The quantitative estimate of drug-likeness (QED) is 0.379. The standard InChI is InChI=1S/C29H26FNOP/c30-27-19-11-10-12-23(27)22-31-21-20-28(29(31)32)33(24-13-4-1-5-14-24,25-15-6-2-7-16-25)26-17-8-3-9-18-26/h1-19,28H,20-22H2/q+1/t28-/m1/s1. The van der Waals surface area contributed by atoms with Gasteiger partial charge in [-0.2, -0.15) is 0 Å². The topological polar surface area (TPSA) is 20.3 Å². The molecule has 0 bridgehead atoms. The van der Waals surface area contributed by atoms with E-state index in [9.17, 15) is 9.18 Å². The van der Waals surface area contributed by atoms with Gasteiger partial charge in [-0.25, -0.2) is 4.39 Å². The van der Waals surface area contributed by atoms with Crippen LogP contribution in [-0.2, 0) is 11.3 Å². The van der Waals surface area contributed by atoms with Gasteiger partial charge in [0.25, 0.3) is 5.91 Å².